The Morgan fingerprint density at radius 2 is 2.21 bits per heavy atom. The van der Waals surface area contributed by atoms with E-state index in [0.29, 0.717) is 10.3 Å². The van der Waals surface area contributed by atoms with Gasteiger partial charge in [0.25, 0.3) is 0 Å². The molecule has 7 heteroatoms. The topological polar surface area (TPSA) is 54.9 Å². The van der Waals surface area contributed by atoms with Gasteiger partial charge >= 0.3 is 0 Å². The molecule has 1 amide bonds. The zero-order valence-corrected chi connectivity index (χ0v) is 12.6. The van der Waals surface area contributed by atoms with E-state index in [9.17, 15) is 4.79 Å². The monoisotopic (exact) mass is 313 g/mol. The van der Waals surface area contributed by atoms with Crippen molar-refractivity contribution in [1.29, 1.82) is 0 Å². The van der Waals surface area contributed by atoms with Crippen molar-refractivity contribution in [3.05, 3.63) is 35.9 Å². The number of rotatable bonds is 5. The molecular weight excluding hydrogens is 302 g/mol. The Balaban J connectivity index is 2.00. The average molecular weight is 314 g/mol. The van der Waals surface area contributed by atoms with Gasteiger partial charge in [-0.05, 0) is 11.3 Å². The second-order valence-electron chi connectivity index (χ2n) is 3.58. The van der Waals surface area contributed by atoms with Gasteiger partial charge in [0.15, 0.2) is 0 Å². The third-order valence-corrected chi connectivity index (χ3v) is 4.16. The largest absolute Gasteiger partial charge is 0.299 e. The fourth-order valence-corrected chi connectivity index (χ4v) is 2.86. The summed E-state index contributed by atoms with van der Waals surface area (Å²) in [6.45, 7) is 2.02. The van der Waals surface area contributed by atoms with Crippen LogP contribution in [0.3, 0.4) is 0 Å². The molecule has 1 aromatic heterocycles. The zero-order valence-electron chi connectivity index (χ0n) is 10.2. The quantitative estimate of drug-likeness (QED) is 0.677. The first-order valence-corrected chi connectivity index (χ1v) is 7.86. The first-order chi connectivity index (χ1) is 9.20. The number of hydrogen-bond donors (Lipinski definition) is 1. The van der Waals surface area contributed by atoms with Crippen LogP contribution < -0.4 is 5.32 Å². The molecule has 100 valence electrons. The van der Waals surface area contributed by atoms with Crippen LogP contribution in [0, 0.1) is 0 Å². The number of alkyl halides is 1. The second-order valence-corrected chi connectivity index (χ2v) is 6.00. The number of carbonyl (C=O) groups is 1. The number of anilines is 1. The summed E-state index contributed by atoms with van der Waals surface area (Å²) >= 11 is 8.80. The first kappa shape index (κ1) is 14.3. The van der Waals surface area contributed by atoms with Crippen LogP contribution in [0.4, 0.5) is 5.13 Å². The van der Waals surface area contributed by atoms with Crippen molar-refractivity contribution in [2.75, 3.05) is 11.1 Å². The number of amides is 1. The summed E-state index contributed by atoms with van der Waals surface area (Å²) in [4.78, 5) is 16.2. The number of halogens is 1. The number of hydrogen-bond acceptors (Lipinski definition) is 5. The standard InChI is InChI=1S/C12H12ClN3OS2/c1-2-18-12-15-11(19-16-12)14-10(17)9(13)8-6-4-3-5-7-8/h3-7,9H,2H2,1H3,(H,14,15,16,17). The number of thioether (sulfide) groups is 1. The Labute approximate surface area is 124 Å². The van der Waals surface area contributed by atoms with E-state index < -0.39 is 5.38 Å². The Hall–Kier alpha value is -1.11. The Morgan fingerprint density at radius 1 is 1.47 bits per heavy atom. The van der Waals surface area contributed by atoms with Crippen LogP contribution in [-0.4, -0.2) is 21.0 Å². The Morgan fingerprint density at radius 3 is 2.89 bits per heavy atom. The number of benzene rings is 1. The SMILES string of the molecule is CCSc1nsc(NC(=O)C(Cl)c2ccccc2)n1. The van der Waals surface area contributed by atoms with Crippen molar-refractivity contribution in [3.8, 4) is 0 Å². The maximum atomic E-state index is 12.0. The van der Waals surface area contributed by atoms with E-state index in [4.69, 9.17) is 11.6 Å². The van der Waals surface area contributed by atoms with E-state index in [2.05, 4.69) is 14.7 Å². The van der Waals surface area contributed by atoms with Crippen LogP contribution >= 0.6 is 34.9 Å². The molecule has 2 aromatic rings. The van der Waals surface area contributed by atoms with E-state index >= 15 is 0 Å². The van der Waals surface area contributed by atoms with Crippen molar-refractivity contribution in [1.82, 2.24) is 9.36 Å². The highest BCUT2D eigenvalue weighted by Gasteiger charge is 2.18. The minimum absolute atomic E-state index is 0.294. The summed E-state index contributed by atoms with van der Waals surface area (Å²) in [5.41, 5.74) is 0.759. The summed E-state index contributed by atoms with van der Waals surface area (Å²) < 4.78 is 4.13. The molecule has 0 aliphatic carbocycles. The molecule has 1 atom stereocenters. The summed E-state index contributed by atoms with van der Waals surface area (Å²) in [5.74, 6) is 0.601. The second kappa shape index (κ2) is 6.88. The van der Waals surface area contributed by atoms with Gasteiger partial charge in [0.2, 0.25) is 16.2 Å². The highest BCUT2D eigenvalue weighted by atomic mass is 35.5. The van der Waals surface area contributed by atoms with Crippen molar-refractivity contribution in [2.24, 2.45) is 0 Å². The molecule has 0 saturated heterocycles. The fourth-order valence-electron chi connectivity index (χ4n) is 1.39. The van der Waals surface area contributed by atoms with Gasteiger partial charge in [-0.15, -0.1) is 11.6 Å². The lowest BCUT2D eigenvalue weighted by molar-refractivity contribution is -0.116. The molecule has 0 fully saturated rings. The highest BCUT2D eigenvalue weighted by Crippen LogP contribution is 2.24. The predicted octanol–water partition coefficient (Wildman–Crippen LogP) is 3.57. The maximum Gasteiger partial charge on any atom is 0.248 e. The number of nitrogens with zero attached hydrogens (tertiary/aromatic N) is 2. The summed E-state index contributed by atoms with van der Waals surface area (Å²) in [6, 6.07) is 9.20. The summed E-state index contributed by atoms with van der Waals surface area (Å²) in [7, 11) is 0. The third-order valence-electron chi connectivity index (χ3n) is 2.23. The van der Waals surface area contributed by atoms with Crippen LogP contribution in [0.2, 0.25) is 0 Å². The van der Waals surface area contributed by atoms with Gasteiger partial charge in [-0.25, -0.2) is 0 Å². The van der Waals surface area contributed by atoms with Gasteiger partial charge in [0.05, 0.1) is 0 Å². The number of nitrogens with one attached hydrogen (secondary N) is 1. The summed E-state index contributed by atoms with van der Waals surface area (Å²) in [5, 5.41) is 3.10. The normalized spacial score (nSPS) is 12.1. The molecule has 0 aliphatic heterocycles. The molecule has 1 N–H and O–H groups in total. The molecule has 2 rings (SSSR count). The van der Waals surface area contributed by atoms with Crippen molar-refractivity contribution >= 4 is 45.9 Å². The molecule has 0 saturated carbocycles. The predicted molar refractivity (Wildman–Crippen MR) is 80.0 cm³/mol. The summed E-state index contributed by atoms with van der Waals surface area (Å²) in [6.07, 6.45) is 0. The molecule has 1 heterocycles. The van der Waals surface area contributed by atoms with Gasteiger partial charge in [0, 0.05) is 11.5 Å². The first-order valence-electron chi connectivity index (χ1n) is 5.67. The minimum atomic E-state index is -0.729. The number of aromatic nitrogens is 2. The van der Waals surface area contributed by atoms with Gasteiger partial charge in [-0.2, -0.15) is 9.36 Å². The molecule has 0 aliphatic rings. The van der Waals surface area contributed by atoms with Crippen LogP contribution in [0.25, 0.3) is 0 Å². The van der Waals surface area contributed by atoms with E-state index in [1.807, 2.05) is 37.3 Å². The van der Waals surface area contributed by atoms with Gasteiger partial charge in [-0.1, -0.05) is 49.0 Å². The van der Waals surface area contributed by atoms with Crippen LogP contribution in [-0.2, 0) is 4.79 Å². The fraction of sp³-hybridized carbons (Fsp3) is 0.250. The third kappa shape index (κ3) is 3.92. The zero-order chi connectivity index (χ0) is 13.7. The maximum absolute atomic E-state index is 12.0. The molecule has 1 unspecified atom stereocenters. The molecule has 0 spiro atoms. The minimum Gasteiger partial charge on any atom is -0.299 e. The van der Waals surface area contributed by atoms with Gasteiger partial charge in [0.1, 0.15) is 5.38 Å². The van der Waals surface area contributed by atoms with Crippen LogP contribution in [0.5, 0.6) is 0 Å². The number of carbonyl (C=O) groups excluding carboxylic acids is 1. The van der Waals surface area contributed by atoms with E-state index in [1.54, 1.807) is 0 Å². The van der Waals surface area contributed by atoms with E-state index in [-0.39, 0.29) is 5.91 Å². The van der Waals surface area contributed by atoms with Gasteiger partial charge in [-0.3, -0.25) is 10.1 Å². The Kier molecular flexibility index (Phi) is 5.18. The highest BCUT2D eigenvalue weighted by molar-refractivity contribution is 7.99. The molecule has 0 radical (unpaired) electrons. The van der Waals surface area contributed by atoms with Crippen LogP contribution in [0.15, 0.2) is 35.5 Å². The average Bonchev–Trinajstić information content (AvgIpc) is 2.86. The molecule has 0 bridgehead atoms. The lowest BCUT2D eigenvalue weighted by Gasteiger charge is -2.08. The lowest BCUT2D eigenvalue weighted by Crippen LogP contribution is -2.17. The van der Waals surface area contributed by atoms with E-state index in [1.165, 1.54) is 11.8 Å². The molecule has 4 nitrogen and oxygen atoms in total. The smallest absolute Gasteiger partial charge is 0.248 e. The molecule has 19 heavy (non-hydrogen) atoms. The molecular formula is C12H12ClN3OS2. The van der Waals surface area contributed by atoms with E-state index in [0.717, 1.165) is 22.8 Å². The molecule has 1 aromatic carbocycles. The van der Waals surface area contributed by atoms with Crippen molar-refractivity contribution < 1.29 is 4.79 Å². The lowest BCUT2D eigenvalue weighted by atomic mass is 10.1. The van der Waals surface area contributed by atoms with Crippen LogP contribution in [0.1, 0.15) is 17.9 Å². The van der Waals surface area contributed by atoms with Gasteiger partial charge < -0.3 is 0 Å². The van der Waals surface area contributed by atoms with Crippen molar-refractivity contribution in [3.63, 3.8) is 0 Å². The Bertz CT molecular complexity index is 547. The van der Waals surface area contributed by atoms with Crippen molar-refractivity contribution in [2.45, 2.75) is 17.5 Å².